The number of rotatable bonds is 4. The number of benzene rings is 1. The van der Waals surface area contributed by atoms with Crippen molar-refractivity contribution in [3.05, 3.63) is 42.6 Å². The third kappa shape index (κ3) is 4.07. The molecule has 0 spiro atoms. The van der Waals surface area contributed by atoms with Gasteiger partial charge in [0.25, 0.3) is 0 Å². The van der Waals surface area contributed by atoms with Gasteiger partial charge >= 0.3 is 7.12 Å². The largest absolute Gasteiger partial charge is 0.498 e. The van der Waals surface area contributed by atoms with Crippen LogP contribution in [0.3, 0.4) is 0 Å². The van der Waals surface area contributed by atoms with Crippen molar-refractivity contribution in [3.63, 3.8) is 0 Å². The number of halogens is 4. The van der Waals surface area contributed by atoms with Gasteiger partial charge in [-0.05, 0) is 58.0 Å². The number of hydrogen-bond donors (Lipinski definition) is 2. The summed E-state index contributed by atoms with van der Waals surface area (Å²) in [6.45, 7) is 7.68. The Morgan fingerprint density at radius 1 is 0.926 bits per heavy atom. The molecule has 0 saturated carbocycles. The van der Waals surface area contributed by atoms with Gasteiger partial charge in [-0.1, -0.05) is 6.07 Å². The van der Waals surface area contributed by atoms with Gasteiger partial charge in [0.15, 0.2) is 10.7 Å². The number of thiol groups is 1. The molecule has 1 aliphatic heterocycles. The molecule has 0 unspecified atom stereocenters. The maximum absolute atomic E-state index is 12.8. The fraction of sp³-hybridized carbons (Fsp3) is 0.353. The molecule has 1 N–H and O–H groups in total. The van der Waals surface area contributed by atoms with Crippen molar-refractivity contribution in [3.8, 4) is 0 Å². The fourth-order valence-electron chi connectivity index (χ4n) is 2.59. The molecule has 0 amide bonds. The summed E-state index contributed by atoms with van der Waals surface area (Å²) in [4.78, 5) is 2.99. The lowest BCUT2D eigenvalue weighted by molar-refractivity contribution is 0.00578. The molecule has 4 nitrogen and oxygen atoms in total. The maximum Gasteiger partial charge on any atom is 0.498 e. The van der Waals surface area contributed by atoms with E-state index in [0.717, 1.165) is 24.3 Å². The van der Waals surface area contributed by atoms with Gasteiger partial charge in [0.2, 0.25) is 0 Å². The lowest BCUT2D eigenvalue weighted by Gasteiger charge is -2.32. The highest BCUT2D eigenvalue weighted by Crippen LogP contribution is 2.81. The van der Waals surface area contributed by atoms with Crippen LogP contribution in [0.15, 0.2) is 47.5 Å². The lowest BCUT2D eigenvalue weighted by atomic mass is 9.79. The normalized spacial score (nSPS) is 20.1. The smallest absolute Gasteiger partial charge is 0.399 e. The molecule has 0 bridgehead atoms. The van der Waals surface area contributed by atoms with Crippen LogP contribution < -0.4 is 10.8 Å². The molecule has 1 aromatic heterocycles. The predicted molar refractivity (Wildman–Crippen MR) is 101 cm³/mol. The zero-order valence-corrected chi connectivity index (χ0v) is 16.2. The Labute approximate surface area is 156 Å². The van der Waals surface area contributed by atoms with E-state index in [4.69, 9.17) is 9.31 Å². The van der Waals surface area contributed by atoms with Crippen molar-refractivity contribution in [1.29, 1.82) is 0 Å². The fourth-order valence-corrected chi connectivity index (χ4v) is 3.19. The molecule has 1 aromatic carbocycles. The van der Waals surface area contributed by atoms with Crippen LogP contribution >= 0.6 is 10.7 Å². The van der Waals surface area contributed by atoms with Crippen LogP contribution in [0.2, 0.25) is 0 Å². The van der Waals surface area contributed by atoms with Gasteiger partial charge in [-0.15, -0.1) is 15.5 Å². The average molecular weight is 404 g/mol. The van der Waals surface area contributed by atoms with Crippen molar-refractivity contribution in [2.75, 3.05) is 5.32 Å². The van der Waals surface area contributed by atoms with Crippen molar-refractivity contribution >= 4 is 34.8 Å². The Morgan fingerprint density at radius 2 is 1.48 bits per heavy atom. The Kier molecular flexibility index (Phi) is 4.52. The third-order valence-corrected chi connectivity index (χ3v) is 5.95. The van der Waals surface area contributed by atoms with Gasteiger partial charge in [0, 0.05) is 17.3 Å². The van der Waals surface area contributed by atoms with Crippen molar-refractivity contribution in [2.24, 2.45) is 0 Å². The summed E-state index contributed by atoms with van der Waals surface area (Å²) < 4.78 is 63.4. The van der Waals surface area contributed by atoms with Crippen molar-refractivity contribution in [2.45, 2.75) is 43.8 Å². The van der Waals surface area contributed by atoms with Gasteiger partial charge in [-0.3, -0.25) is 0 Å². The maximum atomic E-state index is 12.8. The highest BCUT2D eigenvalue weighted by molar-refractivity contribution is 8.33. The molecule has 0 radical (unpaired) electrons. The molecule has 3 rings (SSSR count). The van der Waals surface area contributed by atoms with E-state index in [1.807, 2.05) is 27.7 Å². The van der Waals surface area contributed by atoms with Gasteiger partial charge < -0.3 is 14.6 Å². The first-order valence-corrected chi connectivity index (χ1v) is 10.1. The van der Waals surface area contributed by atoms with Crippen LogP contribution in [0.1, 0.15) is 27.7 Å². The molecular weight excluding hydrogens is 383 g/mol. The van der Waals surface area contributed by atoms with Crippen LogP contribution in [0.25, 0.3) is 0 Å². The van der Waals surface area contributed by atoms with Crippen LogP contribution in [-0.2, 0) is 9.31 Å². The first-order valence-electron chi connectivity index (χ1n) is 8.33. The summed E-state index contributed by atoms with van der Waals surface area (Å²) in [5, 5.41) is 2.95. The van der Waals surface area contributed by atoms with E-state index in [0.29, 0.717) is 17.0 Å². The molecule has 27 heavy (non-hydrogen) atoms. The standard InChI is InChI=1S/C17H21BF4N2O2S/c1-16(2)17(3,4)26-18(25-16)14-6-5-11-23-15(14)24-12-7-9-13(10-8-12)27(19,20,21)22/h5-11,27H,1-4H3,(H,23,24). The highest BCUT2D eigenvalue weighted by Gasteiger charge is 2.52. The minimum absolute atomic E-state index is 0.343. The van der Waals surface area contributed by atoms with E-state index in [1.54, 1.807) is 18.3 Å². The van der Waals surface area contributed by atoms with Crippen LogP contribution in [0.5, 0.6) is 0 Å². The minimum Gasteiger partial charge on any atom is -0.399 e. The second kappa shape index (κ2) is 6.12. The molecule has 1 saturated heterocycles. The van der Waals surface area contributed by atoms with E-state index < -0.39 is 33.9 Å². The van der Waals surface area contributed by atoms with Crippen LogP contribution in [-0.4, -0.2) is 23.3 Å². The molecule has 0 aliphatic carbocycles. The second-order valence-electron chi connectivity index (χ2n) is 7.42. The van der Waals surface area contributed by atoms with Crippen molar-refractivity contribution < 1.29 is 24.9 Å². The predicted octanol–water partition coefficient (Wildman–Crippen LogP) is 5.09. The van der Waals surface area contributed by atoms with E-state index in [-0.39, 0.29) is 0 Å². The Morgan fingerprint density at radius 3 is 2.00 bits per heavy atom. The number of aromatic nitrogens is 1. The first-order chi connectivity index (χ1) is 12.3. The topological polar surface area (TPSA) is 43.4 Å². The molecule has 148 valence electrons. The number of pyridine rings is 1. The molecule has 10 heteroatoms. The Bertz CT molecular complexity index is 831. The minimum atomic E-state index is -7.76. The summed E-state index contributed by atoms with van der Waals surface area (Å²) >= 11 is 0. The van der Waals surface area contributed by atoms with Gasteiger partial charge in [-0.2, -0.15) is 0 Å². The van der Waals surface area contributed by atoms with E-state index in [2.05, 4.69) is 10.3 Å². The molecule has 2 aromatic rings. The summed E-state index contributed by atoms with van der Waals surface area (Å²) in [5.41, 5.74) is -0.125. The summed E-state index contributed by atoms with van der Waals surface area (Å²) in [7, 11) is -8.44. The number of anilines is 2. The average Bonchev–Trinajstić information content (AvgIpc) is 2.75. The number of hydrogen-bond acceptors (Lipinski definition) is 4. The quantitative estimate of drug-likeness (QED) is 0.423. The summed E-state index contributed by atoms with van der Waals surface area (Å²) in [5.74, 6) is 0.391. The summed E-state index contributed by atoms with van der Waals surface area (Å²) in [6.07, 6.45) is 1.55. The lowest BCUT2D eigenvalue weighted by Crippen LogP contribution is -2.41. The first kappa shape index (κ1) is 20.0. The van der Waals surface area contributed by atoms with E-state index in [1.165, 1.54) is 0 Å². The second-order valence-corrected chi connectivity index (χ2v) is 9.38. The zero-order chi connectivity index (χ0) is 20.1. The third-order valence-electron chi connectivity index (χ3n) is 4.87. The monoisotopic (exact) mass is 404 g/mol. The van der Waals surface area contributed by atoms with Crippen molar-refractivity contribution in [1.82, 2.24) is 4.98 Å². The Hall–Kier alpha value is -1.78. The van der Waals surface area contributed by atoms with Gasteiger partial charge in [0.05, 0.1) is 16.1 Å². The van der Waals surface area contributed by atoms with Gasteiger partial charge in [0.1, 0.15) is 5.82 Å². The zero-order valence-electron chi connectivity index (χ0n) is 15.3. The van der Waals surface area contributed by atoms with Crippen LogP contribution in [0.4, 0.5) is 27.0 Å². The highest BCUT2D eigenvalue weighted by atomic mass is 32.4. The molecule has 1 aliphatic rings. The van der Waals surface area contributed by atoms with Crippen LogP contribution in [0, 0.1) is 0 Å². The van der Waals surface area contributed by atoms with E-state index >= 15 is 0 Å². The molecule has 1 fully saturated rings. The molecule has 2 heterocycles. The molecular formula is C17H21BF4N2O2S. The Balaban J connectivity index is 1.86. The number of nitrogens with one attached hydrogen (secondary N) is 1. The molecule has 0 atom stereocenters. The number of nitrogens with zero attached hydrogens (tertiary/aromatic N) is 1. The van der Waals surface area contributed by atoms with Gasteiger partial charge in [-0.25, -0.2) is 4.98 Å². The SMILES string of the molecule is CC1(C)OB(c2cccnc2Nc2ccc([SH](F)(F)(F)F)cc2)OC1(C)C. The summed E-state index contributed by atoms with van der Waals surface area (Å²) in [6, 6.07) is 7.26. The van der Waals surface area contributed by atoms with E-state index in [9.17, 15) is 15.5 Å².